The third-order valence-electron chi connectivity index (χ3n) is 4.78. The molecule has 2 aromatic heterocycles. The van der Waals surface area contributed by atoms with Crippen LogP contribution in [-0.2, 0) is 11.2 Å². The van der Waals surface area contributed by atoms with E-state index in [4.69, 9.17) is 9.47 Å². The summed E-state index contributed by atoms with van der Waals surface area (Å²) in [5, 5.41) is 7.30. The van der Waals surface area contributed by atoms with E-state index >= 15 is 0 Å². The van der Waals surface area contributed by atoms with Crippen LogP contribution in [0.4, 0.5) is 0 Å². The van der Waals surface area contributed by atoms with Crippen LogP contribution in [0.15, 0.2) is 30.5 Å². The Morgan fingerprint density at radius 1 is 1.25 bits per heavy atom. The summed E-state index contributed by atoms with van der Waals surface area (Å²) < 4.78 is 12.1. The van der Waals surface area contributed by atoms with E-state index in [1.807, 2.05) is 32.0 Å². The van der Waals surface area contributed by atoms with E-state index in [1.165, 1.54) is 0 Å². The summed E-state index contributed by atoms with van der Waals surface area (Å²) in [4.78, 5) is 17.2. The van der Waals surface area contributed by atoms with Gasteiger partial charge in [0.1, 0.15) is 11.3 Å². The van der Waals surface area contributed by atoms with Crippen LogP contribution < -0.4 is 10.1 Å². The number of methoxy groups -OCH3 is 2. The summed E-state index contributed by atoms with van der Waals surface area (Å²) in [6.07, 6.45) is 3.06. The SMILES string of the molecule is COCCCNC(=O)c1cnn2c(C)c(Cc3cccc(OC)c3)c(C)nc12. The smallest absolute Gasteiger partial charge is 0.256 e. The van der Waals surface area contributed by atoms with Crippen molar-refractivity contribution in [3.05, 3.63) is 58.5 Å². The molecule has 0 atom stereocenters. The van der Waals surface area contributed by atoms with Gasteiger partial charge in [0, 0.05) is 38.1 Å². The average Bonchev–Trinajstić information content (AvgIpc) is 3.12. The molecule has 148 valence electrons. The number of nitrogens with one attached hydrogen (secondary N) is 1. The molecule has 28 heavy (non-hydrogen) atoms. The molecule has 1 amide bonds. The Balaban J connectivity index is 1.88. The van der Waals surface area contributed by atoms with Crippen molar-refractivity contribution in [2.45, 2.75) is 26.7 Å². The maximum Gasteiger partial charge on any atom is 0.256 e. The van der Waals surface area contributed by atoms with Gasteiger partial charge in [-0.25, -0.2) is 9.50 Å². The summed E-state index contributed by atoms with van der Waals surface area (Å²) in [6, 6.07) is 7.99. The predicted molar refractivity (Wildman–Crippen MR) is 107 cm³/mol. The highest BCUT2D eigenvalue weighted by Gasteiger charge is 2.18. The van der Waals surface area contributed by atoms with Crippen LogP contribution in [0.1, 0.15) is 39.3 Å². The number of hydrogen-bond acceptors (Lipinski definition) is 5. The van der Waals surface area contributed by atoms with Crippen LogP contribution in [0, 0.1) is 13.8 Å². The minimum atomic E-state index is -0.169. The van der Waals surface area contributed by atoms with Gasteiger partial charge >= 0.3 is 0 Å². The molecular formula is C21H26N4O3. The number of amides is 1. The zero-order chi connectivity index (χ0) is 20.1. The lowest BCUT2D eigenvalue weighted by Crippen LogP contribution is -2.25. The first-order valence-corrected chi connectivity index (χ1v) is 9.29. The fraction of sp³-hybridized carbons (Fsp3) is 0.381. The molecule has 0 bridgehead atoms. The second kappa shape index (κ2) is 8.84. The Morgan fingerprint density at radius 2 is 2.07 bits per heavy atom. The number of carbonyl (C=O) groups excluding carboxylic acids is 1. The molecule has 1 N–H and O–H groups in total. The van der Waals surface area contributed by atoms with Crippen molar-refractivity contribution in [2.75, 3.05) is 27.4 Å². The van der Waals surface area contributed by atoms with Crippen molar-refractivity contribution in [1.82, 2.24) is 19.9 Å². The van der Waals surface area contributed by atoms with Crippen molar-refractivity contribution in [2.24, 2.45) is 0 Å². The number of ether oxygens (including phenoxy) is 2. The van der Waals surface area contributed by atoms with Gasteiger partial charge in [0.2, 0.25) is 0 Å². The van der Waals surface area contributed by atoms with Crippen molar-refractivity contribution in [3.8, 4) is 5.75 Å². The summed E-state index contributed by atoms with van der Waals surface area (Å²) in [7, 11) is 3.31. The molecule has 7 nitrogen and oxygen atoms in total. The highest BCUT2D eigenvalue weighted by Crippen LogP contribution is 2.22. The van der Waals surface area contributed by atoms with Gasteiger partial charge in [-0.1, -0.05) is 12.1 Å². The average molecular weight is 382 g/mol. The number of benzene rings is 1. The summed E-state index contributed by atoms with van der Waals surface area (Å²) in [5.74, 6) is 0.659. The van der Waals surface area contributed by atoms with Gasteiger partial charge in [0.15, 0.2) is 5.65 Å². The molecular weight excluding hydrogens is 356 g/mol. The first-order valence-electron chi connectivity index (χ1n) is 9.29. The van der Waals surface area contributed by atoms with Gasteiger partial charge < -0.3 is 14.8 Å². The molecule has 0 aliphatic rings. The van der Waals surface area contributed by atoms with Crippen molar-refractivity contribution >= 4 is 11.6 Å². The number of aromatic nitrogens is 3. The van der Waals surface area contributed by atoms with Gasteiger partial charge in [-0.3, -0.25) is 4.79 Å². The quantitative estimate of drug-likeness (QED) is 0.606. The molecule has 0 radical (unpaired) electrons. The Bertz CT molecular complexity index is 981. The summed E-state index contributed by atoms with van der Waals surface area (Å²) >= 11 is 0. The maximum atomic E-state index is 12.5. The van der Waals surface area contributed by atoms with E-state index in [2.05, 4.69) is 21.5 Å². The highest BCUT2D eigenvalue weighted by molar-refractivity contribution is 5.99. The van der Waals surface area contributed by atoms with Gasteiger partial charge in [-0.15, -0.1) is 0 Å². The van der Waals surface area contributed by atoms with Crippen LogP contribution in [0.2, 0.25) is 0 Å². The lowest BCUT2D eigenvalue weighted by molar-refractivity contribution is 0.0950. The molecule has 0 unspecified atom stereocenters. The number of nitrogens with zero attached hydrogens (tertiary/aromatic N) is 3. The Labute approximate surface area is 164 Å². The lowest BCUT2D eigenvalue weighted by atomic mass is 10.0. The minimum Gasteiger partial charge on any atom is -0.497 e. The van der Waals surface area contributed by atoms with Crippen LogP contribution in [0.3, 0.4) is 0 Å². The standard InChI is InChI=1S/C21H26N4O3/c1-14-18(12-16-7-5-8-17(11-16)28-4)15(2)25-20(24-14)19(13-23-25)21(26)22-9-6-10-27-3/h5,7-8,11,13H,6,9-10,12H2,1-4H3,(H,22,26). The van der Waals surface area contributed by atoms with Crippen LogP contribution in [0.5, 0.6) is 5.75 Å². The minimum absolute atomic E-state index is 0.169. The van der Waals surface area contributed by atoms with E-state index < -0.39 is 0 Å². The Kier molecular flexibility index (Phi) is 6.26. The summed E-state index contributed by atoms with van der Waals surface area (Å²) in [5.41, 5.74) is 5.15. The van der Waals surface area contributed by atoms with Crippen LogP contribution in [0.25, 0.3) is 5.65 Å². The normalized spacial score (nSPS) is 11.0. The van der Waals surface area contributed by atoms with Gasteiger partial charge in [-0.05, 0) is 43.5 Å². The maximum absolute atomic E-state index is 12.5. The second-order valence-electron chi connectivity index (χ2n) is 6.69. The van der Waals surface area contributed by atoms with Gasteiger partial charge in [-0.2, -0.15) is 5.10 Å². The third kappa shape index (κ3) is 4.14. The first-order chi connectivity index (χ1) is 13.5. The largest absolute Gasteiger partial charge is 0.497 e. The van der Waals surface area contributed by atoms with Crippen molar-refractivity contribution in [1.29, 1.82) is 0 Å². The van der Waals surface area contributed by atoms with E-state index in [9.17, 15) is 4.79 Å². The predicted octanol–water partition coefficient (Wildman–Crippen LogP) is 2.71. The Morgan fingerprint density at radius 3 is 2.82 bits per heavy atom. The molecule has 0 aliphatic heterocycles. The number of hydrogen-bond donors (Lipinski definition) is 1. The monoisotopic (exact) mass is 382 g/mol. The molecule has 7 heteroatoms. The lowest BCUT2D eigenvalue weighted by Gasteiger charge is -2.12. The highest BCUT2D eigenvalue weighted by atomic mass is 16.5. The van der Waals surface area contributed by atoms with Crippen LogP contribution >= 0.6 is 0 Å². The molecule has 0 saturated carbocycles. The zero-order valence-corrected chi connectivity index (χ0v) is 16.8. The topological polar surface area (TPSA) is 77.8 Å². The van der Waals surface area contributed by atoms with Gasteiger partial charge in [0.25, 0.3) is 5.91 Å². The third-order valence-corrected chi connectivity index (χ3v) is 4.78. The van der Waals surface area contributed by atoms with E-state index in [0.717, 1.165) is 41.1 Å². The number of carbonyl (C=O) groups is 1. The Hall–Kier alpha value is -2.93. The van der Waals surface area contributed by atoms with Crippen molar-refractivity contribution in [3.63, 3.8) is 0 Å². The van der Waals surface area contributed by atoms with Crippen molar-refractivity contribution < 1.29 is 14.3 Å². The molecule has 2 heterocycles. The van der Waals surface area contributed by atoms with Gasteiger partial charge in [0.05, 0.1) is 13.3 Å². The molecule has 0 fully saturated rings. The zero-order valence-electron chi connectivity index (χ0n) is 16.8. The molecule has 0 aliphatic carbocycles. The molecule has 3 aromatic rings. The molecule has 0 spiro atoms. The second-order valence-corrected chi connectivity index (χ2v) is 6.69. The molecule has 1 aromatic carbocycles. The number of fused-ring (bicyclic) bond motifs is 1. The first kappa shape index (κ1) is 19.8. The van der Waals surface area contributed by atoms with Crippen LogP contribution in [-0.4, -0.2) is 47.9 Å². The fourth-order valence-electron chi connectivity index (χ4n) is 3.23. The number of rotatable bonds is 8. The van der Waals surface area contributed by atoms with E-state index in [-0.39, 0.29) is 5.91 Å². The molecule has 3 rings (SSSR count). The van der Waals surface area contributed by atoms with E-state index in [0.29, 0.717) is 24.4 Å². The molecule has 0 saturated heterocycles. The van der Waals surface area contributed by atoms with E-state index in [1.54, 1.807) is 24.9 Å². The fourth-order valence-corrected chi connectivity index (χ4v) is 3.23. The summed E-state index contributed by atoms with van der Waals surface area (Å²) in [6.45, 7) is 5.13. The number of aryl methyl sites for hydroxylation is 2.